The van der Waals surface area contributed by atoms with Crippen molar-refractivity contribution in [1.29, 1.82) is 5.41 Å². The fraction of sp³-hybridized carbons (Fsp3) is 0.286. The summed E-state index contributed by atoms with van der Waals surface area (Å²) in [5.41, 5.74) is 0. The van der Waals surface area contributed by atoms with E-state index in [1.54, 1.807) is 12.2 Å². The fourth-order valence-electron chi connectivity index (χ4n) is 0.411. The highest BCUT2D eigenvalue weighted by atomic mass is 15.1. The molecule has 0 radical (unpaired) electrons. The van der Waals surface area contributed by atoms with Gasteiger partial charge in [0.25, 0.3) is 0 Å². The van der Waals surface area contributed by atoms with Crippen molar-refractivity contribution < 1.29 is 0 Å². The molecule has 0 aliphatic heterocycles. The van der Waals surface area contributed by atoms with Crippen molar-refractivity contribution >= 4 is 5.96 Å². The minimum absolute atomic E-state index is 0.305. The third-order valence-electron chi connectivity index (χ3n) is 0.846. The molecule has 0 spiro atoms. The molecular weight excluding hydrogens is 126 g/mol. The van der Waals surface area contributed by atoms with Crippen LogP contribution in [0.1, 0.15) is 0 Å². The maximum absolute atomic E-state index is 7.18. The highest BCUT2D eigenvalue weighted by Crippen LogP contribution is 1.63. The summed E-state index contributed by atoms with van der Waals surface area (Å²) in [7, 11) is 0. The average Bonchev–Trinajstić information content (AvgIpc) is 1.97. The summed E-state index contributed by atoms with van der Waals surface area (Å²) in [6, 6.07) is 0. The van der Waals surface area contributed by atoms with Gasteiger partial charge in [0, 0.05) is 13.1 Å². The Morgan fingerprint density at radius 2 is 1.60 bits per heavy atom. The molecular formula is C7H13N3. The molecule has 0 aliphatic carbocycles. The van der Waals surface area contributed by atoms with Gasteiger partial charge in [-0.05, 0) is 0 Å². The lowest BCUT2D eigenvalue weighted by Gasteiger charge is -2.04. The monoisotopic (exact) mass is 139 g/mol. The third kappa shape index (κ3) is 4.90. The molecule has 0 fully saturated rings. The van der Waals surface area contributed by atoms with E-state index >= 15 is 0 Å². The van der Waals surface area contributed by atoms with Gasteiger partial charge < -0.3 is 10.6 Å². The van der Waals surface area contributed by atoms with Crippen molar-refractivity contribution in [2.24, 2.45) is 0 Å². The van der Waals surface area contributed by atoms with Gasteiger partial charge in [0.05, 0.1) is 0 Å². The van der Waals surface area contributed by atoms with Gasteiger partial charge in [0.2, 0.25) is 0 Å². The summed E-state index contributed by atoms with van der Waals surface area (Å²) >= 11 is 0. The smallest absolute Gasteiger partial charge is 0.188 e. The van der Waals surface area contributed by atoms with Crippen LogP contribution in [-0.2, 0) is 0 Å². The summed E-state index contributed by atoms with van der Waals surface area (Å²) in [4.78, 5) is 0. The van der Waals surface area contributed by atoms with Crippen LogP contribution >= 0.6 is 0 Å². The quantitative estimate of drug-likeness (QED) is 0.301. The van der Waals surface area contributed by atoms with Gasteiger partial charge in [-0.1, -0.05) is 12.2 Å². The maximum Gasteiger partial charge on any atom is 0.188 e. The molecule has 0 saturated carbocycles. The van der Waals surface area contributed by atoms with E-state index < -0.39 is 0 Å². The topological polar surface area (TPSA) is 47.9 Å². The van der Waals surface area contributed by atoms with Crippen molar-refractivity contribution in [2.45, 2.75) is 0 Å². The second-order valence-electron chi connectivity index (χ2n) is 1.71. The van der Waals surface area contributed by atoms with E-state index in [1.807, 2.05) is 0 Å². The van der Waals surface area contributed by atoms with Gasteiger partial charge in [-0.3, -0.25) is 5.41 Å². The molecule has 3 N–H and O–H groups in total. The van der Waals surface area contributed by atoms with Crippen molar-refractivity contribution in [1.82, 2.24) is 10.6 Å². The van der Waals surface area contributed by atoms with Crippen LogP contribution in [0, 0.1) is 5.41 Å². The minimum atomic E-state index is 0.305. The molecule has 0 aliphatic rings. The molecule has 0 heterocycles. The van der Waals surface area contributed by atoms with Crippen LogP contribution in [0.25, 0.3) is 0 Å². The lowest BCUT2D eigenvalue weighted by atomic mass is 10.6. The minimum Gasteiger partial charge on any atom is -0.353 e. The number of nitrogens with one attached hydrogen (secondary N) is 3. The third-order valence-corrected chi connectivity index (χ3v) is 0.846. The Balaban J connectivity index is 3.24. The van der Waals surface area contributed by atoms with E-state index in [-0.39, 0.29) is 0 Å². The van der Waals surface area contributed by atoms with Gasteiger partial charge in [-0.25, -0.2) is 0 Å². The molecule has 0 aromatic heterocycles. The summed E-state index contributed by atoms with van der Waals surface area (Å²) in [5.74, 6) is 0.305. The van der Waals surface area contributed by atoms with Crippen LogP contribution in [0.5, 0.6) is 0 Å². The standard InChI is InChI=1S/C7H13N3/c1-3-5-9-7(8)10-6-4-2/h3-4H,1-2,5-6H2,(H3,8,9,10). The molecule has 0 rings (SSSR count). The summed E-state index contributed by atoms with van der Waals surface area (Å²) in [6.45, 7) is 8.24. The average molecular weight is 139 g/mol. The Hall–Kier alpha value is -1.25. The van der Waals surface area contributed by atoms with Gasteiger partial charge in [0.1, 0.15) is 0 Å². The van der Waals surface area contributed by atoms with E-state index in [2.05, 4.69) is 23.8 Å². The Bertz CT molecular complexity index is 115. The Morgan fingerprint density at radius 1 is 1.20 bits per heavy atom. The highest BCUT2D eigenvalue weighted by Gasteiger charge is 1.86. The molecule has 56 valence electrons. The summed E-state index contributed by atoms with van der Waals surface area (Å²) in [6.07, 6.45) is 3.40. The molecule has 0 saturated heterocycles. The summed E-state index contributed by atoms with van der Waals surface area (Å²) < 4.78 is 0. The van der Waals surface area contributed by atoms with Crippen LogP contribution in [0.4, 0.5) is 0 Å². The fourth-order valence-corrected chi connectivity index (χ4v) is 0.411. The van der Waals surface area contributed by atoms with Crippen molar-refractivity contribution in [3.63, 3.8) is 0 Å². The van der Waals surface area contributed by atoms with Gasteiger partial charge >= 0.3 is 0 Å². The lowest BCUT2D eigenvalue weighted by Crippen LogP contribution is -2.36. The Kier molecular flexibility index (Phi) is 5.14. The van der Waals surface area contributed by atoms with Crippen LogP contribution in [0.15, 0.2) is 25.3 Å². The number of hydrogen-bond donors (Lipinski definition) is 3. The normalized spacial score (nSPS) is 8.00. The first-order valence-electron chi connectivity index (χ1n) is 3.09. The molecule has 0 aromatic rings. The molecule has 0 unspecified atom stereocenters. The second-order valence-corrected chi connectivity index (χ2v) is 1.71. The van der Waals surface area contributed by atoms with Gasteiger partial charge in [-0.2, -0.15) is 0 Å². The van der Waals surface area contributed by atoms with Crippen molar-refractivity contribution in [2.75, 3.05) is 13.1 Å². The molecule has 3 nitrogen and oxygen atoms in total. The lowest BCUT2D eigenvalue weighted by molar-refractivity contribution is 0.907. The first kappa shape index (κ1) is 8.75. The van der Waals surface area contributed by atoms with Crippen molar-refractivity contribution in [3.8, 4) is 0 Å². The predicted molar refractivity (Wildman–Crippen MR) is 44.1 cm³/mol. The SMILES string of the molecule is C=CCNC(=N)NCC=C. The molecule has 0 amide bonds. The van der Waals surface area contributed by atoms with E-state index in [1.165, 1.54) is 0 Å². The number of rotatable bonds is 4. The van der Waals surface area contributed by atoms with E-state index in [0.717, 1.165) is 0 Å². The zero-order chi connectivity index (χ0) is 7.82. The summed E-state index contributed by atoms with van der Waals surface area (Å²) in [5, 5.41) is 12.7. The zero-order valence-electron chi connectivity index (χ0n) is 5.98. The predicted octanol–water partition coefficient (Wildman–Crippen LogP) is 0.472. The molecule has 0 atom stereocenters. The van der Waals surface area contributed by atoms with E-state index in [4.69, 9.17) is 5.41 Å². The Labute approximate surface area is 61.3 Å². The molecule has 0 bridgehead atoms. The Morgan fingerprint density at radius 3 is 1.90 bits per heavy atom. The van der Waals surface area contributed by atoms with Crippen LogP contribution in [0.3, 0.4) is 0 Å². The zero-order valence-corrected chi connectivity index (χ0v) is 5.98. The van der Waals surface area contributed by atoms with Gasteiger partial charge in [0.15, 0.2) is 5.96 Å². The molecule has 0 aromatic carbocycles. The van der Waals surface area contributed by atoms with E-state index in [9.17, 15) is 0 Å². The maximum atomic E-state index is 7.18. The number of hydrogen-bond acceptors (Lipinski definition) is 1. The second kappa shape index (κ2) is 5.88. The molecule has 3 heteroatoms. The highest BCUT2D eigenvalue weighted by molar-refractivity contribution is 5.76. The van der Waals surface area contributed by atoms with Crippen molar-refractivity contribution in [3.05, 3.63) is 25.3 Å². The van der Waals surface area contributed by atoms with E-state index in [0.29, 0.717) is 19.0 Å². The number of guanidine groups is 1. The van der Waals surface area contributed by atoms with Crippen LogP contribution in [-0.4, -0.2) is 19.0 Å². The molecule has 10 heavy (non-hydrogen) atoms. The first-order chi connectivity index (χ1) is 4.81. The first-order valence-corrected chi connectivity index (χ1v) is 3.09. The van der Waals surface area contributed by atoms with Gasteiger partial charge in [-0.15, -0.1) is 13.2 Å². The van der Waals surface area contributed by atoms with Crippen LogP contribution < -0.4 is 10.6 Å². The largest absolute Gasteiger partial charge is 0.353 e. The van der Waals surface area contributed by atoms with Crippen LogP contribution in [0.2, 0.25) is 0 Å².